The van der Waals surface area contributed by atoms with Gasteiger partial charge in [-0.25, -0.2) is 4.98 Å². The Balaban J connectivity index is 1.66. The summed E-state index contributed by atoms with van der Waals surface area (Å²) in [7, 11) is 0. The van der Waals surface area contributed by atoms with Crippen LogP contribution in [0.25, 0.3) is 0 Å². The molecule has 5 nitrogen and oxygen atoms in total. The van der Waals surface area contributed by atoms with Crippen LogP contribution in [0.15, 0.2) is 12.3 Å². The van der Waals surface area contributed by atoms with Gasteiger partial charge in [-0.05, 0) is 24.8 Å². The molecule has 1 aromatic heterocycles. The molecule has 19 heavy (non-hydrogen) atoms. The van der Waals surface area contributed by atoms with Crippen LogP contribution in [0, 0.1) is 17.2 Å². The fraction of sp³-hybridized carbons (Fsp3) is 0.571. The maximum absolute atomic E-state index is 9.00. The monoisotopic (exact) mass is 257 g/mol. The molecule has 2 N–H and O–H groups in total. The van der Waals surface area contributed by atoms with Crippen LogP contribution in [-0.2, 0) is 0 Å². The Labute approximate surface area is 113 Å². The number of nitrogen functional groups attached to an aromatic ring is 1. The summed E-state index contributed by atoms with van der Waals surface area (Å²) < 4.78 is 0. The second-order valence-electron chi connectivity index (χ2n) is 5.44. The van der Waals surface area contributed by atoms with Gasteiger partial charge in [0.05, 0.1) is 11.3 Å². The maximum atomic E-state index is 9.00. The second-order valence-corrected chi connectivity index (χ2v) is 5.44. The van der Waals surface area contributed by atoms with Gasteiger partial charge in [-0.1, -0.05) is 0 Å². The minimum absolute atomic E-state index is 0.514. The Hall–Kier alpha value is -1.80. The SMILES string of the molecule is N#Cc1ccnc(N2CCN(CC3CC3)CC2)c1N. The van der Waals surface area contributed by atoms with Crippen molar-refractivity contribution in [3.8, 4) is 6.07 Å². The van der Waals surface area contributed by atoms with E-state index in [0.29, 0.717) is 11.3 Å². The molecule has 5 heteroatoms. The number of nitriles is 1. The van der Waals surface area contributed by atoms with E-state index in [1.807, 2.05) is 0 Å². The van der Waals surface area contributed by atoms with Crippen LogP contribution < -0.4 is 10.6 Å². The lowest BCUT2D eigenvalue weighted by atomic mass is 10.2. The number of pyridine rings is 1. The zero-order valence-corrected chi connectivity index (χ0v) is 11.0. The molecule has 1 saturated carbocycles. The third kappa shape index (κ3) is 2.64. The highest BCUT2D eigenvalue weighted by Gasteiger charge is 2.27. The molecule has 2 aliphatic rings. The molecule has 0 atom stereocenters. The lowest BCUT2D eigenvalue weighted by Gasteiger charge is -2.35. The average Bonchev–Trinajstić information content (AvgIpc) is 3.24. The smallest absolute Gasteiger partial charge is 0.153 e. The summed E-state index contributed by atoms with van der Waals surface area (Å²) in [6, 6.07) is 3.78. The van der Waals surface area contributed by atoms with Crippen LogP contribution in [-0.4, -0.2) is 42.6 Å². The highest BCUT2D eigenvalue weighted by Crippen LogP contribution is 2.30. The summed E-state index contributed by atoms with van der Waals surface area (Å²) in [6.07, 6.45) is 4.47. The van der Waals surface area contributed by atoms with Gasteiger partial charge in [-0.15, -0.1) is 0 Å². The van der Waals surface area contributed by atoms with Gasteiger partial charge in [0, 0.05) is 38.9 Å². The van der Waals surface area contributed by atoms with Crippen molar-refractivity contribution < 1.29 is 0 Å². The minimum atomic E-state index is 0.514. The number of nitrogens with two attached hydrogens (primary N) is 1. The Bertz CT molecular complexity index is 495. The third-order valence-electron chi connectivity index (χ3n) is 3.97. The summed E-state index contributed by atoms with van der Waals surface area (Å²) in [4.78, 5) is 9.06. The third-order valence-corrected chi connectivity index (χ3v) is 3.97. The maximum Gasteiger partial charge on any atom is 0.153 e. The van der Waals surface area contributed by atoms with E-state index in [-0.39, 0.29) is 0 Å². The minimum Gasteiger partial charge on any atom is -0.395 e. The van der Waals surface area contributed by atoms with Crippen LogP contribution in [0.3, 0.4) is 0 Å². The summed E-state index contributed by atoms with van der Waals surface area (Å²) in [5.74, 6) is 1.71. The van der Waals surface area contributed by atoms with Crippen molar-refractivity contribution in [3.05, 3.63) is 17.8 Å². The number of nitrogens with zero attached hydrogens (tertiary/aromatic N) is 4. The number of aromatic nitrogens is 1. The number of anilines is 2. The molecule has 0 amide bonds. The van der Waals surface area contributed by atoms with Crippen LogP contribution in [0.5, 0.6) is 0 Å². The van der Waals surface area contributed by atoms with Gasteiger partial charge < -0.3 is 10.6 Å². The molecular formula is C14H19N5. The zero-order valence-electron chi connectivity index (χ0n) is 11.0. The standard InChI is InChI=1S/C14H19N5/c15-9-12-3-4-17-14(13(12)16)19-7-5-18(6-8-19)10-11-1-2-11/h3-4,11H,1-2,5-8,10,16H2. The van der Waals surface area contributed by atoms with Crippen molar-refractivity contribution in [3.63, 3.8) is 0 Å². The quantitative estimate of drug-likeness (QED) is 0.877. The van der Waals surface area contributed by atoms with E-state index in [4.69, 9.17) is 11.0 Å². The highest BCUT2D eigenvalue weighted by atomic mass is 15.3. The normalized spacial score (nSPS) is 20.3. The molecule has 1 aromatic rings. The largest absolute Gasteiger partial charge is 0.395 e. The first-order valence-corrected chi connectivity index (χ1v) is 6.90. The Morgan fingerprint density at radius 3 is 2.68 bits per heavy atom. The van der Waals surface area contributed by atoms with Gasteiger partial charge >= 0.3 is 0 Å². The van der Waals surface area contributed by atoms with Crippen LogP contribution in [0.4, 0.5) is 11.5 Å². The Morgan fingerprint density at radius 1 is 1.32 bits per heavy atom. The average molecular weight is 257 g/mol. The summed E-state index contributed by atoms with van der Waals surface area (Å²) in [5, 5.41) is 9.00. The van der Waals surface area contributed by atoms with Gasteiger partial charge in [-0.2, -0.15) is 5.26 Å². The van der Waals surface area contributed by atoms with Crippen LogP contribution >= 0.6 is 0 Å². The van der Waals surface area contributed by atoms with Gasteiger partial charge in [0.25, 0.3) is 0 Å². The lowest BCUT2D eigenvalue weighted by molar-refractivity contribution is 0.247. The highest BCUT2D eigenvalue weighted by molar-refractivity contribution is 5.70. The van der Waals surface area contributed by atoms with Crippen molar-refractivity contribution in [1.29, 1.82) is 5.26 Å². The molecule has 100 valence electrons. The van der Waals surface area contributed by atoms with Crippen molar-refractivity contribution in [2.45, 2.75) is 12.8 Å². The first-order valence-electron chi connectivity index (χ1n) is 6.90. The lowest BCUT2D eigenvalue weighted by Crippen LogP contribution is -2.47. The first-order chi connectivity index (χ1) is 9.28. The van der Waals surface area contributed by atoms with Crippen molar-refractivity contribution >= 4 is 11.5 Å². The topological polar surface area (TPSA) is 69.2 Å². The van der Waals surface area contributed by atoms with Gasteiger partial charge in [0.2, 0.25) is 0 Å². The molecule has 1 aliphatic carbocycles. The van der Waals surface area contributed by atoms with E-state index in [1.54, 1.807) is 12.3 Å². The summed E-state index contributed by atoms with van der Waals surface area (Å²) in [6.45, 7) is 5.26. The van der Waals surface area contributed by atoms with Gasteiger partial charge in [0.1, 0.15) is 6.07 Å². The summed E-state index contributed by atoms with van der Waals surface area (Å²) >= 11 is 0. The molecular weight excluding hydrogens is 238 g/mol. The predicted octanol–water partition coefficient (Wildman–Crippen LogP) is 1.07. The number of rotatable bonds is 3. The number of hydrogen-bond acceptors (Lipinski definition) is 5. The molecule has 1 aliphatic heterocycles. The first kappa shape index (κ1) is 12.2. The Morgan fingerprint density at radius 2 is 2.05 bits per heavy atom. The molecule has 2 heterocycles. The number of piperazine rings is 1. The van der Waals surface area contributed by atoms with E-state index in [1.165, 1.54) is 19.4 Å². The fourth-order valence-electron chi connectivity index (χ4n) is 2.62. The molecule has 0 unspecified atom stereocenters. The predicted molar refractivity (Wildman–Crippen MR) is 74.7 cm³/mol. The van der Waals surface area contributed by atoms with Gasteiger partial charge in [0.15, 0.2) is 5.82 Å². The van der Waals surface area contributed by atoms with Crippen LogP contribution in [0.1, 0.15) is 18.4 Å². The van der Waals surface area contributed by atoms with Crippen LogP contribution in [0.2, 0.25) is 0 Å². The molecule has 2 fully saturated rings. The van der Waals surface area contributed by atoms with Crippen molar-refractivity contribution in [2.75, 3.05) is 43.4 Å². The molecule has 0 bridgehead atoms. The van der Waals surface area contributed by atoms with E-state index in [0.717, 1.165) is 37.9 Å². The molecule has 0 spiro atoms. The van der Waals surface area contributed by atoms with E-state index >= 15 is 0 Å². The zero-order chi connectivity index (χ0) is 13.2. The van der Waals surface area contributed by atoms with Crippen molar-refractivity contribution in [2.24, 2.45) is 5.92 Å². The van der Waals surface area contributed by atoms with E-state index < -0.39 is 0 Å². The van der Waals surface area contributed by atoms with Gasteiger partial charge in [-0.3, -0.25) is 4.90 Å². The second kappa shape index (κ2) is 5.06. The molecule has 3 rings (SSSR count). The summed E-state index contributed by atoms with van der Waals surface area (Å²) in [5.41, 5.74) is 7.04. The van der Waals surface area contributed by atoms with E-state index in [9.17, 15) is 0 Å². The fourth-order valence-corrected chi connectivity index (χ4v) is 2.62. The van der Waals surface area contributed by atoms with Crippen molar-refractivity contribution in [1.82, 2.24) is 9.88 Å². The molecule has 1 saturated heterocycles. The van der Waals surface area contributed by atoms with E-state index in [2.05, 4.69) is 20.9 Å². The Kier molecular flexibility index (Phi) is 3.26. The number of hydrogen-bond donors (Lipinski definition) is 1. The molecule has 0 radical (unpaired) electrons. The molecule has 0 aromatic carbocycles.